The molecule has 9 heteroatoms. The Morgan fingerprint density at radius 3 is 2.18 bits per heavy atom. The molecule has 0 radical (unpaired) electrons. The molecule has 1 amide bonds. The van der Waals surface area contributed by atoms with E-state index < -0.39 is 22.7 Å². The van der Waals surface area contributed by atoms with Gasteiger partial charge in [-0.05, 0) is 57.1 Å². The lowest BCUT2D eigenvalue weighted by Crippen LogP contribution is -2.34. The average Bonchev–Trinajstić information content (AvgIpc) is 3.18. The maximum absolute atomic E-state index is 13.3. The van der Waals surface area contributed by atoms with E-state index in [1.54, 1.807) is 24.3 Å². The lowest BCUT2D eigenvalue weighted by molar-refractivity contribution is -0.384. The Morgan fingerprint density at radius 1 is 1.00 bits per heavy atom. The number of nitro benzene ring substituents is 1. The number of unbranched alkanes of at least 4 members (excludes halogenated alkanes) is 2. The van der Waals surface area contributed by atoms with E-state index in [2.05, 4.69) is 18.7 Å². The van der Waals surface area contributed by atoms with Gasteiger partial charge in [-0.25, -0.2) is 0 Å². The van der Waals surface area contributed by atoms with Gasteiger partial charge in [0, 0.05) is 29.8 Å². The number of Topliss-reactive ketones (excluding diaryl/α,β-unsaturated/α-hetero) is 1. The Labute approximate surface area is 223 Å². The van der Waals surface area contributed by atoms with Gasteiger partial charge in [0.25, 0.3) is 17.4 Å². The minimum Gasteiger partial charge on any atom is -0.507 e. The number of aliphatic hydroxyl groups is 1. The minimum atomic E-state index is -0.846. The topological polar surface area (TPSA) is 113 Å². The zero-order valence-electron chi connectivity index (χ0n) is 22.4. The molecule has 1 heterocycles. The largest absolute Gasteiger partial charge is 0.507 e. The normalized spacial score (nSPS) is 16.8. The second-order valence-corrected chi connectivity index (χ2v) is 9.44. The van der Waals surface area contributed by atoms with Gasteiger partial charge < -0.3 is 19.6 Å². The molecule has 1 fully saturated rings. The van der Waals surface area contributed by atoms with Gasteiger partial charge in [-0.3, -0.25) is 19.7 Å². The monoisotopic (exact) mass is 523 g/mol. The molecule has 204 valence electrons. The highest BCUT2D eigenvalue weighted by Gasteiger charge is 2.46. The first-order valence-electron chi connectivity index (χ1n) is 13.2. The summed E-state index contributed by atoms with van der Waals surface area (Å²) in [5.41, 5.74) is 0.617. The molecule has 1 aliphatic heterocycles. The number of ketones is 1. The van der Waals surface area contributed by atoms with Crippen molar-refractivity contribution in [3.05, 3.63) is 75.3 Å². The Kier molecular flexibility index (Phi) is 10.4. The van der Waals surface area contributed by atoms with Crippen LogP contribution in [0.2, 0.25) is 0 Å². The van der Waals surface area contributed by atoms with Crippen molar-refractivity contribution in [1.82, 2.24) is 9.80 Å². The quantitative estimate of drug-likeness (QED) is 0.117. The molecule has 0 aromatic heterocycles. The van der Waals surface area contributed by atoms with Crippen LogP contribution >= 0.6 is 0 Å². The number of hydrogen-bond acceptors (Lipinski definition) is 7. The third-order valence-electron chi connectivity index (χ3n) is 6.85. The summed E-state index contributed by atoms with van der Waals surface area (Å²) in [5.74, 6) is -1.35. The maximum atomic E-state index is 13.3. The zero-order chi connectivity index (χ0) is 27.7. The van der Waals surface area contributed by atoms with Crippen molar-refractivity contribution in [2.24, 2.45) is 0 Å². The maximum Gasteiger partial charge on any atom is 0.295 e. The number of carbonyl (C=O) groups excluding carboxylic acids is 2. The number of rotatable bonds is 14. The Hall–Kier alpha value is -3.72. The Morgan fingerprint density at radius 2 is 1.61 bits per heavy atom. The highest BCUT2D eigenvalue weighted by Crippen LogP contribution is 2.42. The molecular weight excluding hydrogens is 486 g/mol. The predicted molar refractivity (Wildman–Crippen MR) is 146 cm³/mol. The molecule has 1 saturated heterocycles. The summed E-state index contributed by atoms with van der Waals surface area (Å²) in [6.45, 7) is 7.44. The lowest BCUT2D eigenvalue weighted by Gasteiger charge is -2.28. The number of methoxy groups -OCH3 is 1. The van der Waals surface area contributed by atoms with Crippen LogP contribution in [0.4, 0.5) is 5.69 Å². The standard InChI is InChI=1S/C29H37N3O6/c1-4-6-17-30(18-7-5-2)19-10-20-31-26(23-11-8-9-12-24(23)38-3)25(28(34)29(31)35)27(33)21-13-15-22(16-14-21)32(36)37/h8-9,11-16,26,33H,4-7,10,17-20H2,1-3H3/b27-25-. The van der Waals surface area contributed by atoms with Crippen molar-refractivity contribution < 1.29 is 24.4 Å². The molecule has 1 aliphatic rings. The molecule has 1 N–H and O–H groups in total. The second kappa shape index (κ2) is 13.7. The summed E-state index contributed by atoms with van der Waals surface area (Å²) in [7, 11) is 1.51. The number of non-ortho nitro benzene ring substituents is 1. The second-order valence-electron chi connectivity index (χ2n) is 9.44. The molecule has 0 spiro atoms. The van der Waals surface area contributed by atoms with Gasteiger partial charge in [0.05, 0.1) is 23.6 Å². The van der Waals surface area contributed by atoms with E-state index in [4.69, 9.17) is 4.74 Å². The van der Waals surface area contributed by atoms with Crippen LogP contribution in [0.3, 0.4) is 0 Å². The third kappa shape index (κ3) is 6.58. The fraction of sp³-hybridized carbons (Fsp3) is 0.448. The van der Waals surface area contributed by atoms with Gasteiger partial charge in [0.2, 0.25) is 0 Å². The molecule has 0 aliphatic carbocycles. The van der Waals surface area contributed by atoms with Gasteiger partial charge in [0.1, 0.15) is 11.5 Å². The van der Waals surface area contributed by atoms with Gasteiger partial charge in [-0.1, -0.05) is 44.9 Å². The van der Waals surface area contributed by atoms with Gasteiger partial charge in [-0.15, -0.1) is 0 Å². The number of hydrogen-bond donors (Lipinski definition) is 1. The number of para-hydroxylation sites is 1. The molecule has 0 saturated carbocycles. The molecule has 2 aromatic rings. The molecule has 1 atom stereocenters. The van der Waals surface area contributed by atoms with Crippen LogP contribution in [-0.4, -0.2) is 64.8 Å². The number of nitrogens with zero attached hydrogens (tertiary/aromatic N) is 3. The molecule has 9 nitrogen and oxygen atoms in total. The van der Waals surface area contributed by atoms with E-state index in [-0.39, 0.29) is 22.6 Å². The van der Waals surface area contributed by atoms with Crippen molar-refractivity contribution in [3.8, 4) is 5.75 Å². The van der Waals surface area contributed by atoms with Crippen molar-refractivity contribution in [1.29, 1.82) is 0 Å². The number of nitro groups is 1. The smallest absolute Gasteiger partial charge is 0.295 e. The summed E-state index contributed by atoms with van der Waals surface area (Å²) < 4.78 is 5.55. The Balaban J connectivity index is 1.97. The first kappa shape index (κ1) is 28.8. The SMILES string of the molecule is CCCCN(CCCC)CCCN1C(=O)C(=O)/C(=C(\O)c2ccc([N+](=O)[O-])cc2)C1c1ccccc1OC. The number of likely N-dealkylation sites (tertiary alicyclic amines) is 1. The van der Waals surface area contributed by atoms with Crippen LogP contribution in [0.15, 0.2) is 54.1 Å². The highest BCUT2D eigenvalue weighted by molar-refractivity contribution is 6.46. The van der Waals surface area contributed by atoms with Crippen LogP contribution in [0.1, 0.15) is 63.1 Å². The Bertz CT molecular complexity index is 1150. The summed E-state index contributed by atoms with van der Waals surface area (Å²) in [6, 6.07) is 11.5. The molecule has 38 heavy (non-hydrogen) atoms. The summed E-state index contributed by atoms with van der Waals surface area (Å²) in [5, 5.41) is 22.3. The molecule has 2 aromatic carbocycles. The van der Waals surface area contributed by atoms with Gasteiger partial charge in [-0.2, -0.15) is 0 Å². The first-order valence-corrected chi connectivity index (χ1v) is 13.2. The summed E-state index contributed by atoms with van der Waals surface area (Å²) in [6.07, 6.45) is 5.08. The summed E-state index contributed by atoms with van der Waals surface area (Å²) in [4.78, 5) is 41.0. The van der Waals surface area contributed by atoms with Gasteiger partial charge >= 0.3 is 0 Å². The van der Waals surface area contributed by atoms with Crippen LogP contribution in [0.5, 0.6) is 5.75 Å². The van der Waals surface area contributed by atoms with Crippen molar-refractivity contribution in [2.45, 2.75) is 52.0 Å². The molecule has 3 rings (SSSR count). The van der Waals surface area contributed by atoms with Crippen LogP contribution in [0, 0.1) is 10.1 Å². The minimum absolute atomic E-state index is 0.0535. The molecule has 1 unspecified atom stereocenters. The number of amides is 1. The lowest BCUT2D eigenvalue weighted by atomic mass is 9.94. The third-order valence-corrected chi connectivity index (χ3v) is 6.85. The van der Waals surface area contributed by atoms with Crippen molar-refractivity contribution >= 4 is 23.1 Å². The average molecular weight is 524 g/mol. The van der Waals surface area contributed by atoms with E-state index in [9.17, 15) is 24.8 Å². The van der Waals surface area contributed by atoms with E-state index in [0.717, 1.165) is 45.3 Å². The number of benzene rings is 2. The number of aliphatic hydroxyl groups excluding tert-OH is 1. The molecule has 0 bridgehead atoms. The fourth-order valence-electron chi connectivity index (χ4n) is 4.79. The van der Waals surface area contributed by atoms with E-state index >= 15 is 0 Å². The highest BCUT2D eigenvalue weighted by atomic mass is 16.6. The predicted octanol–water partition coefficient (Wildman–Crippen LogP) is 5.32. The van der Waals surface area contributed by atoms with E-state index in [0.29, 0.717) is 24.3 Å². The number of carbonyl (C=O) groups is 2. The van der Waals surface area contributed by atoms with Crippen LogP contribution in [0.25, 0.3) is 5.76 Å². The first-order chi connectivity index (χ1) is 18.3. The van der Waals surface area contributed by atoms with E-state index in [1.165, 1.54) is 36.3 Å². The van der Waals surface area contributed by atoms with E-state index in [1.807, 2.05) is 0 Å². The van der Waals surface area contributed by atoms with Crippen LogP contribution < -0.4 is 4.74 Å². The van der Waals surface area contributed by atoms with Gasteiger partial charge in [0.15, 0.2) is 0 Å². The van der Waals surface area contributed by atoms with Crippen LogP contribution in [-0.2, 0) is 9.59 Å². The molecular formula is C29H37N3O6. The fourth-order valence-corrected chi connectivity index (χ4v) is 4.79. The zero-order valence-corrected chi connectivity index (χ0v) is 22.4. The number of ether oxygens (including phenoxy) is 1. The van der Waals surface area contributed by atoms with Crippen molar-refractivity contribution in [3.63, 3.8) is 0 Å². The summed E-state index contributed by atoms with van der Waals surface area (Å²) >= 11 is 0. The van der Waals surface area contributed by atoms with Crippen molar-refractivity contribution in [2.75, 3.05) is 33.3 Å².